The lowest BCUT2D eigenvalue weighted by Gasteiger charge is -2.54. The molecule has 6 rings (SSSR count). The fourth-order valence-corrected chi connectivity index (χ4v) is 6.99. The molecule has 0 spiro atoms. The summed E-state index contributed by atoms with van der Waals surface area (Å²) in [6.45, 7) is 4.36. The summed E-state index contributed by atoms with van der Waals surface area (Å²) in [5.41, 5.74) is 1.87. The number of hydrogen-bond acceptors (Lipinski definition) is 3. The van der Waals surface area contributed by atoms with Gasteiger partial charge in [-0.05, 0) is 73.6 Å². The Balaban J connectivity index is 1.25. The highest BCUT2D eigenvalue weighted by atomic mass is 32.1. The molecule has 1 aromatic heterocycles. The average molecular weight is 399 g/mol. The Labute approximate surface area is 172 Å². The third-order valence-corrected chi connectivity index (χ3v) is 7.96. The van der Waals surface area contributed by atoms with Crippen LogP contribution in [-0.2, 0) is 13.2 Å². The Hall–Kier alpha value is -1.52. The second-order valence-corrected chi connectivity index (χ2v) is 10.3. The third-order valence-electron chi connectivity index (χ3n) is 7.11. The van der Waals surface area contributed by atoms with Crippen molar-refractivity contribution in [2.24, 2.45) is 17.8 Å². The summed E-state index contributed by atoms with van der Waals surface area (Å²) < 4.78 is 12.0. The first-order valence-electron chi connectivity index (χ1n) is 11.0. The molecule has 4 saturated carbocycles. The summed E-state index contributed by atoms with van der Waals surface area (Å²) in [6, 6.07) is 10.7. The highest BCUT2D eigenvalue weighted by Crippen LogP contribution is 2.54. The van der Waals surface area contributed by atoms with Gasteiger partial charge in [0.25, 0.3) is 0 Å². The van der Waals surface area contributed by atoms with E-state index in [0.29, 0.717) is 18.8 Å². The van der Waals surface area contributed by atoms with Crippen molar-refractivity contribution in [3.63, 3.8) is 0 Å². The van der Waals surface area contributed by atoms with E-state index < -0.39 is 0 Å². The molecule has 4 fully saturated rings. The quantitative estimate of drug-likeness (QED) is 0.696. The molecule has 3 nitrogen and oxygen atoms in total. The molecule has 4 aliphatic carbocycles. The van der Waals surface area contributed by atoms with Crippen LogP contribution in [0.5, 0.6) is 11.5 Å². The average Bonchev–Trinajstić information content (AvgIpc) is 3.18. The molecule has 4 bridgehead atoms. The molecule has 4 heteroatoms. The van der Waals surface area contributed by atoms with Crippen molar-refractivity contribution in [2.45, 2.75) is 64.1 Å². The molecule has 1 heterocycles. The van der Waals surface area contributed by atoms with E-state index in [9.17, 15) is 0 Å². The molecule has 1 aromatic carbocycles. The SMILES string of the molecule is CCOc1cc(C[NH2+]C23CC4CC(CC(C4)C2)C3)ccc1OCc1cccs1. The van der Waals surface area contributed by atoms with Crippen molar-refractivity contribution in [2.75, 3.05) is 6.61 Å². The number of hydrogen-bond donors (Lipinski definition) is 1. The molecule has 0 radical (unpaired) electrons. The van der Waals surface area contributed by atoms with Gasteiger partial charge in [-0.2, -0.15) is 0 Å². The lowest BCUT2D eigenvalue weighted by Crippen LogP contribution is -2.97. The lowest BCUT2D eigenvalue weighted by atomic mass is 9.53. The van der Waals surface area contributed by atoms with Crippen LogP contribution >= 0.6 is 11.3 Å². The molecule has 0 amide bonds. The van der Waals surface area contributed by atoms with Gasteiger partial charge in [0.1, 0.15) is 13.2 Å². The van der Waals surface area contributed by atoms with Gasteiger partial charge in [0.15, 0.2) is 11.5 Å². The molecule has 0 atom stereocenters. The van der Waals surface area contributed by atoms with E-state index in [1.807, 2.05) is 6.92 Å². The van der Waals surface area contributed by atoms with Crippen molar-refractivity contribution >= 4 is 11.3 Å². The largest absolute Gasteiger partial charge is 0.490 e. The number of quaternary nitrogens is 1. The van der Waals surface area contributed by atoms with Gasteiger partial charge < -0.3 is 14.8 Å². The summed E-state index contributed by atoms with van der Waals surface area (Å²) >= 11 is 1.73. The fourth-order valence-electron chi connectivity index (χ4n) is 6.37. The Morgan fingerprint density at radius 3 is 2.39 bits per heavy atom. The van der Waals surface area contributed by atoms with Crippen LogP contribution < -0.4 is 14.8 Å². The van der Waals surface area contributed by atoms with Crippen LogP contribution in [0, 0.1) is 17.8 Å². The zero-order valence-corrected chi connectivity index (χ0v) is 17.7. The molecule has 0 saturated heterocycles. The molecule has 150 valence electrons. The van der Waals surface area contributed by atoms with E-state index >= 15 is 0 Å². The summed E-state index contributed by atoms with van der Waals surface area (Å²) in [4.78, 5) is 1.24. The van der Waals surface area contributed by atoms with Crippen LogP contribution in [0.3, 0.4) is 0 Å². The van der Waals surface area contributed by atoms with Crippen LogP contribution in [0.15, 0.2) is 35.7 Å². The Morgan fingerprint density at radius 1 is 1.00 bits per heavy atom. The zero-order chi connectivity index (χ0) is 19.0. The van der Waals surface area contributed by atoms with E-state index in [2.05, 4.69) is 41.0 Å². The Kier molecular flexibility index (Phi) is 5.10. The standard InChI is InChI=1S/C24H31NO2S/c1-2-26-23-11-17(5-6-22(23)27-16-21-4-3-7-28-21)15-25-24-12-18-8-19(13-24)10-20(9-18)14-24/h3-7,11,18-20,25H,2,8-10,12-16H2,1H3/p+1. The van der Waals surface area contributed by atoms with Crippen LogP contribution in [0.2, 0.25) is 0 Å². The predicted octanol–water partition coefficient (Wildman–Crippen LogP) is 4.76. The van der Waals surface area contributed by atoms with Gasteiger partial charge in [0, 0.05) is 29.7 Å². The van der Waals surface area contributed by atoms with Crippen LogP contribution in [-0.4, -0.2) is 12.1 Å². The van der Waals surface area contributed by atoms with Gasteiger partial charge in [-0.3, -0.25) is 0 Å². The van der Waals surface area contributed by atoms with Crippen LogP contribution in [0.4, 0.5) is 0 Å². The predicted molar refractivity (Wildman–Crippen MR) is 113 cm³/mol. The molecule has 4 aliphatic rings. The van der Waals surface area contributed by atoms with Crippen molar-refractivity contribution in [3.8, 4) is 11.5 Å². The Bertz CT molecular complexity index is 766. The van der Waals surface area contributed by atoms with Gasteiger partial charge in [-0.25, -0.2) is 0 Å². The smallest absolute Gasteiger partial charge is 0.161 e. The van der Waals surface area contributed by atoms with Crippen molar-refractivity contribution in [1.82, 2.24) is 0 Å². The molecule has 0 aliphatic heterocycles. The highest BCUT2D eigenvalue weighted by Gasteiger charge is 2.53. The van der Waals surface area contributed by atoms with Gasteiger partial charge in [-0.1, -0.05) is 6.07 Å². The summed E-state index contributed by atoms with van der Waals surface area (Å²) in [6.07, 6.45) is 8.87. The molecule has 0 unspecified atom stereocenters. The molecule has 2 N–H and O–H groups in total. The van der Waals surface area contributed by atoms with Gasteiger partial charge in [-0.15, -0.1) is 11.3 Å². The number of thiophene rings is 1. The highest BCUT2D eigenvalue weighted by molar-refractivity contribution is 7.09. The van der Waals surface area contributed by atoms with Crippen molar-refractivity contribution < 1.29 is 14.8 Å². The minimum Gasteiger partial charge on any atom is -0.490 e. The number of ether oxygens (including phenoxy) is 2. The minimum atomic E-state index is 0.523. The summed E-state index contributed by atoms with van der Waals surface area (Å²) in [5.74, 6) is 4.77. The van der Waals surface area contributed by atoms with Crippen molar-refractivity contribution in [3.05, 3.63) is 46.2 Å². The topological polar surface area (TPSA) is 35.1 Å². The first-order chi connectivity index (χ1) is 13.7. The Morgan fingerprint density at radius 2 is 1.75 bits per heavy atom. The third kappa shape index (κ3) is 3.81. The molecular formula is C24H32NO2S+. The van der Waals surface area contributed by atoms with Crippen LogP contribution in [0.1, 0.15) is 55.9 Å². The zero-order valence-electron chi connectivity index (χ0n) is 16.9. The number of benzene rings is 1. The van der Waals surface area contributed by atoms with Gasteiger partial charge in [0.2, 0.25) is 0 Å². The minimum absolute atomic E-state index is 0.523. The maximum atomic E-state index is 6.04. The van der Waals surface area contributed by atoms with E-state index in [1.54, 1.807) is 11.3 Å². The lowest BCUT2D eigenvalue weighted by molar-refractivity contribution is -0.752. The maximum absolute atomic E-state index is 6.04. The van der Waals surface area contributed by atoms with E-state index in [-0.39, 0.29) is 0 Å². The van der Waals surface area contributed by atoms with Crippen molar-refractivity contribution in [1.29, 1.82) is 0 Å². The van der Waals surface area contributed by atoms with Crippen LogP contribution in [0.25, 0.3) is 0 Å². The van der Waals surface area contributed by atoms with Gasteiger partial charge in [0.05, 0.1) is 12.1 Å². The second kappa shape index (κ2) is 7.72. The molecule has 28 heavy (non-hydrogen) atoms. The van der Waals surface area contributed by atoms with Gasteiger partial charge >= 0.3 is 0 Å². The maximum Gasteiger partial charge on any atom is 0.161 e. The number of nitrogens with two attached hydrogens (primary N) is 1. The normalized spacial score (nSPS) is 30.5. The van der Waals surface area contributed by atoms with E-state index in [1.165, 1.54) is 49.0 Å². The fraction of sp³-hybridized carbons (Fsp3) is 0.583. The molecular weight excluding hydrogens is 366 g/mol. The number of rotatable bonds is 8. The summed E-state index contributed by atoms with van der Waals surface area (Å²) in [7, 11) is 0. The monoisotopic (exact) mass is 398 g/mol. The second-order valence-electron chi connectivity index (χ2n) is 9.27. The first kappa shape index (κ1) is 18.5. The molecule has 2 aromatic rings. The first-order valence-corrected chi connectivity index (χ1v) is 11.8. The summed E-state index contributed by atoms with van der Waals surface area (Å²) in [5, 5.41) is 4.76. The van der Waals surface area contributed by atoms with E-state index in [0.717, 1.165) is 35.8 Å². The van der Waals surface area contributed by atoms with E-state index in [4.69, 9.17) is 9.47 Å².